The van der Waals surface area contributed by atoms with E-state index in [1.165, 1.54) is 0 Å². The standard InChI is InChI=1S/C18H23NO2/c1-5-10-19-13-14(4)16-12-15(17(20)7-3)8-9-18(16)21-11-6-2/h5,7-10,12-13,20H,4,6,11H2,1-3H3/b10-5-,17-7-,19-13?. The second-order valence-corrected chi connectivity index (χ2v) is 4.52. The molecular weight excluding hydrogens is 262 g/mol. The number of hydrogen-bond donors (Lipinski definition) is 1. The van der Waals surface area contributed by atoms with Crippen molar-refractivity contribution in [3.05, 3.63) is 54.3 Å². The number of allylic oxidation sites excluding steroid dienone is 3. The van der Waals surface area contributed by atoms with Crippen molar-refractivity contribution in [3.63, 3.8) is 0 Å². The first-order valence-electron chi connectivity index (χ1n) is 7.10. The molecule has 21 heavy (non-hydrogen) atoms. The van der Waals surface area contributed by atoms with Gasteiger partial charge in [-0.2, -0.15) is 0 Å². The molecule has 1 rings (SSSR count). The Morgan fingerprint density at radius 2 is 2.14 bits per heavy atom. The van der Waals surface area contributed by atoms with Crippen LogP contribution in [0, 0.1) is 0 Å². The fraction of sp³-hybridized carbons (Fsp3) is 0.278. The second kappa shape index (κ2) is 8.80. The molecule has 0 bridgehead atoms. The fourth-order valence-electron chi connectivity index (χ4n) is 1.73. The van der Waals surface area contributed by atoms with Crippen molar-refractivity contribution in [1.82, 2.24) is 0 Å². The second-order valence-electron chi connectivity index (χ2n) is 4.52. The molecule has 0 aromatic heterocycles. The molecule has 112 valence electrons. The molecule has 3 heteroatoms. The molecular formula is C18H23NO2. The summed E-state index contributed by atoms with van der Waals surface area (Å²) in [6.07, 6.45) is 7.82. The molecule has 0 amide bonds. The lowest BCUT2D eigenvalue weighted by molar-refractivity contribution is 0.316. The van der Waals surface area contributed by atoms with Gasteiger partial charge in [-0.15, -0.1) is 0 Å². The molecule has 0 saturated carbocycles. The Balaban J connectivity index is 3.18. The van der Waals surface area contributed by atoms with E-state index in [9.17, 15) is 5.11 Å². The zero-order chi connectivity index (χ0) is 15.7. The molecule has 0 heterocycles. The van der Waals surface area contributed by atoms with Crippen molar-refractivity contribution >= 4 is 17.5 Å². The molecule has 1 aromatic carbocycles. The van der Waals surface area contributed by atoms with Crippen molar-refractivity contribution < 1.29 is 9.84 Å². The van der Waals surface area contributed by atoms with E-state index in [-0.39, 0.29) is 5.76 Å². The summed E-state index contributed by atoms with van der Waals surface area (Å²) in [5.41, 5.74) is 2.31. The summed E-state index contributed by atoms with van der Waals surface area (Å²) >= 11 is 0. The van der Waals surface area contributed by atoms with Crippen LogP contribution in [-0.4, -0.2) is 17.9 Å². The van der Waals surface area contributed by atoms with Gasteiger partial charge in [0.15, 0.2) is 0 Å². The van der Waals surface area contributed by atoms with Gasteiger partial charge in [0.1, 0.15) is 11.5 Å². The number of benzene rings is 1. The third-order valence-electron chi connectivity index (χ3n) is 2.82. The Hall–Kier alpha value is -2.29. The minimum absolute atomic E-state index is 0.233. The van der Waals surface area contributed by atoms with Gasteiger partial charge < -0.3 is 9.84 Å². The van der Waals surface area contributed by atoms with Gasteiger partial charge in [-0.25, -0.2) is 0 Å². The van der Waals surface area contributed by atoms with Crippen LogP contribution in [0.4, 0.5) is 0 Å². The van der Waals surface area contributed by atoms with Crippen molar-refractivity contribution in [2.75, 3.05) is 6.61 Å². The molecule has 0 radical (unpaired) electrons. The highest BCUT2D eigenvalue weighted by Gasteiger charge is 2.09. The van der Waals surface area contributed by atoms with Gasteiger partial charge >= 0.3 is 0 Å². The SMILES string of the molecule is C=C(C=N/C=C\C)c1cc(/C(O)=C/C)ccc1OCCC. The van der Waals surface area contributed by atoms with E-state index in [1.807, 2.05) is 31.2 Å². The summed E-state index contributed by atoms with van der Waals surface area (Å²) in [5.74, 6) is 0.984. The molecule has 0 atom stereocenters. The van der Waals surface area contributed by atoms with Crippen molar-refractivity contribution in [2.45, 2.75) is 27.2 Å². The Kier molecular flexibility index (Phi) is 7.02. The minimum atomic E-state index is 0.233. The topological polar surface area (TPSA) is 41.8 Å². The first-order chi connectivity index (χ1) is 10.1. The lowest BCUT2D eigenvalue weighted by Crippen LogP contribution is -2.00. The number of nitrogens with zero attached hydrogens (tertiary/aromatic N) is 1. The molecule has 0 unspecified atom stereocenters. The largest absolute Gasteiger partial charge is 0.508 e. The Morgan fingerprint density at radius 1 is 1.38 bits per heavy atom. The lowest BCUT2D eigenvalue weighted by Gasteiger charge is -2.12. The summed E-state index contributed by atoms with van der Waals surface area (Å²) in [5, 5.41) is 9.86. The van der Waals surface area contributed by atoms with Crippen LogP contribution in [0.1, 0.15) is 38.3 Å². The van der Waals surface area contributed by atoms with Gasteiger partial charge in [-0.1, -0.05) is 19.6 Å². The van der Waals surface area contributed by atoms with Crippen LogP contribution >= 0.6 is 0 Å². The molecule has 1 N–H and O–H groups in total. The van der Waals surface area contributed by atoms with Crippen molar-refractivity contribution in [3.8, 4) is 5.75 Å². The summed E-state index contributed by atoms with van der Waals surface area (Å²) in [6, 6.07) is 5.55. The number of hydrogen-bond acceptors (Lipinski definition) is 3. The smallest absolute Gasteiger partial charge is 0.127 e. The van der Waals surface area contributed by atoms with Gasteiger partial charge in [-0.3, -0.25) is 4.99 Å². The van der Waals surface area contributed by atoms with E-state index in [0.717, 1.165) is 28.9 Å². The molecule has 0 aliphatic carbocycles. The highest BCUT2D eigenvalue weighted by molar-refractivity contribution is 6.10. The maximum atomic E-state index is 9.86. The summed E-state index contributed by atoms with van der Waals surface area (Å²) in [4.78, 5) is 4.14. The number of ether oxygens (including phenoxy) is 1. The zero-order valence-corrected chi connectivity index (χ0v) is 13.0. The van der Waals surface area contributed by atoms with Crippen LogP contribution in [0.25, 0.3) is 11.3 Å². The van der Waals surface area contributed by atoms with Gasteiger partial charge in [0, 0.05) is 23.5 Å². The molecule has 1 aromatic rings. The van der Waals surface area contributed by atoms with Gasteiger partial charge in [0.25, 0.3) is 0 Å². The van der Waals surface area contributed by atoms with Gasteiger partial charge in [-0.05, 0) is 50.1 Å². The molecule has 0 aliphatic rings. The number of aliphatic hydroxyl groups excluding tert-OH is 1. The van der Waals surface area contributed by atoms with E-state index >= 15 is 0 Å². The van der Waals surface area contributed by atoms with Crippen LogP contribution in [0.3, 0.4) is 0 Å². The molecule has 0 saturated heterocycles. The van der Waals surface area contributed by atoms with Crippen LogP contribution in [0.15, 0.2) is 48.1 Å². The highest BCUT2D eigenvalue weighted by Crippen LogP contribution is 2.28. The highest BCUT2D eigenvalue weighted by atomic mass is 16.5. The van der Waals surface area contributed by atoms with E-state index in [0.29, 0.717) is 6.61 Å². The Morgan fingerprint density at radius 3 is 2.76 bits per heavy atom. The molecule has 3 nitrogen and oxygen atoms in total. The van der Waals surface area contributed by atoms with Crippen LogP contribution in [0.2, 0.25) is 0 Å². The van der Waals surface area contributed by atoms with E-state index < -0.39 is 0 Å². The average Bonchev–Trinajstić information content (AvgIpc) is 2.52. The van der Waals surface area contributed by atoms with Crippen LogP contribution in [0.5, 0.6) is 5.75 Å². The first kappa shape index (κ1) is 16.8. The summed E-state index contributed by atoms with van der Waals surface area (Å²) in [7, 11) is 0. The predicted molar refractivity (Wildman–Crippen MR) is 90.8 cm³/mol. The van der Waals surface area contributed by atoms with Gasteiger partial charge in [0.05, 0.1) is 6.61 Å². The molecule has 0 spiro atoms. The monoisotopic (exact) mass is 285 g/mol. The van der Waals surface area contributed by atoms with Crippen molar-refractivity contribution in [1.29, 1.82) is 0 Å². The van der Waals surface area contributed by atoms with Crippen molar-refractivity contribution in [2.24, 2.45) is 4.99 Å². The minimum Gasteiger partial charge on any atom is -0.508 e. The van der Waals surface area contributed by atoms with Crippen LogP contribution < -0.4 is 4.74 Å². The first-order valence-corrected chi connectivity index (χ1v) is 7.10. The normalized spacial score (nSPS) is 12.2. The maximum absolute atomic E-state index is 9.86. The molecule has 0 aliphatic heterocycles. The number of rotatable bonds is 7. The third kappa shape index (κ3) is 4.95. The quantitative estimate of drug-likeness (QED) is 0.565. The van der Waals surface area contributed by atoms with E-state index in [4.69, 9.17) is 4.74 Å². The predicted octanol–water partition coefficient (Wildman–Crippen LogP) is 5.01. The van der Waals surface area contributed by atoms with Gasteiger partial charge in [0.2, 0.25) is 0 Å². The average molecular weight is 285 g/mol. The lowest BCUT2D eigenvalue weighted by atomic mass is 10.0. The Labute approximate surface area is 127 Å². The molecule has 0 fully saturated rings. The third-order valence-corrected chi connectivity index (χ3v) is 2.82. The number of aliphatic imine (C=N–C) groups is 1. The zero-order valence-electron chi connectivity index (χ0n) is 13.0. The maximum Gasteiger partial charge on any atom is 0.127 e. The summed E-state index contributed by atoms with van der Waals surface area (Å²) in [6.45, 7) is 10.4. The van der Waals surface area contributed by atoms with E-state index in [1.54, 1.807) is 25.4 Å². The fourth-order valence-corrected chi connectivity index (χ4v) is 1.73. The van der Waals surface area contributed by atoms with E-state index in [2.05, 4.69) is 18.5 Å². The van der Waals surface area contributed by atoms with Crippen LogP contribution in [-0.2, 0) is 0 Å². The summed E-state index contributed by atoms with van der Waals surface area (Å²) < 4.78 is 5.74. The number of aliphatic hydroxyl groups is 1. The Bertz CT molecular complexity index is 569.